The summed E-state index contributed by atoms with van der Waals surface area (Å²) in [6.07, 6.45) is 5.59. The summed E-state index contributed by atoms with van der Waals surface area (Å²) in [5.41, 5.74) is 0.170. The second kappa shape index (κ2) is 9.79. The third-order valence-electron chi connectivity index (χ3n) is 6.06. The number of aliphatic hydroxyl groups is 1. The molecule has 5 nitrogen and oxygen atoms in total. The molecule has 0 bridgehead atoms. The molecule has 0 saturated heterocycles. The van der Waals surface area contributed by atoms with Crippen LogP contribution in [-0.2, 0) is 10.4 Å². The summed E-state index contributed by atoms with van der Waals surface area (Å²) < 4.78 is 0. The van der Waals surface area contributed by atoms with Crippen molar-refractivity contribution in [3.63, 3.8) is 0 Å². The Hall–Kier alpha value is -3.44. The third-order valence-corrected chi connectivity index (χ3v) is 6.06. The van der Waals surface area contributed by atoms with Crippen molar-refractivity contribution in [3.8, 4) is 0 Å². The van der Waals surface area contributed by atoms with E-state index in [0.717, 1.165) is 25.7 Å². The number of carbonyl (C=O) groups excluding carboxylic acids is 2. The van der Waals surface area contributed by atoms with Crippen LogP contribution in [0.25, 0.3) is 0 Å². The van der Waals surface area contributed by atoms with E-state index in [1.807, 2.05) is 12.1 Å². The standard InChI is InChI=1S/C27H28N2O3/c30-25(28-23-14-8-3-9-15-23)20-16-18-24(19-17-20)29-26(31)27(32,21-10-4-1-5-11-21)22-12-6-2-7-13-22/h1-2,4-7,10-13,16-19,23,32H,3,8-9,14-15H2,(H,28,30)(H,29,31). The van der Waals surface area contributed by atoms with Crippen LogP contribution >= 0.6 is 0 Å². The van der Waals surface area contributed by atoms with Crippen molar-refractivity contribution in [3.05, 3.63) is 102 Å². The molecule has 1 saturated carbocycles. The summed E-state index contributed by atoms with van der Waals surface area (Å²) in [6, 6.07) is 24.7. The van der Waals surface area contributed by atoms with E-state index in [1.54, 1.807) is 72.8 Å². The van der Waals surface area contributed by atoms with Gasteiger partial charge in [-0.05, 0) is 48.2 Å². The maximum Gasteiger partial charge on any atom is 0.265 e. The largest absolute Gasteiger partial charge is 0.372 e. The molecular weight excluding hydrogens is 400 g/mol. The maximum absolute atomic E-state index is 13.3. The van der Waals surface area contributed by atoms with Crippen LogP contribution in [-0.4, -0.2) is 23.0 Å². The summed E-state index contributed by atoms with van der Waals surface area (Å²) in [5, 5.41) is 17.4. The van der Waals surface area contributed by atoms with Gasteiger partial charge in [0.2, 0.25) is 0 Å². The molecule has 164 valence electrons. The minimum atomic E-state index is -1.85. The number of carbonyl (C=O) groups is 2. The fraction of sp³-hybridized carbons (Fsp3) is 0.259. The van der Waals surface area contributed by atoms with E-state index in [1.165, 1.54) is 6.42 Å². The van der Waals surface area contributed by atoms with E-state index in [4.69, 9.17) is 0 Å². The van der Waals surface area contributed by atoms with E-state index in [0.29, 0.717) is 22.4 Å². The molecule has 4 rings (SSSR count). The molecule has 0 aromatic heterocycles. The summed E-state index contributed by atoms with van der Waals surface area (Å²) in [7, 11) is 0. The first-order chi connectivity index (χ1) is 15.6. The Bertz CT molecular complexity index is 1000. The summed E-state index contributed by atoms with van der Waals surface area (Å²) in [5.74, 6) is -0.658. The first-order valence-electron chi connectivity index (χ1n) is 11.1. The summed E-state index contributed by atoms with van der Waals surface area (Å²) in [6.45, 7) is 0. The number of anilines is 1. The molecule has 0 spiro atoms. The van der Waals surface area contributed by atoms with Crippen LogP contribution in [0.3, 0.4) is 0 Å². The highest BCUT2D eigenvalue weighted by molar-refractivity contribution is 6.01. The Balaban J connectivity index is 1.51. The van der Waals surface area contributed by atoms with Crippen molar-refractivity contribution < 1.29 is 14.7 Å². The van der Waals surface area contributed by atoms with E-state index >= 15 is 0 Å². The number of rotatable bonds is 6. The Morgan fingerprint density at radius 1 is 0.750 bits per heavy atom. The van der Waals surface area contributed by atoms with Crippen LogP contribution in [0, 0.1) is 0 Å². The fourth-order valence-electron chi connectivity index (χ4n) is 4.23. The van der Waals surface area contributed by atoms with Crippen LogP contribution in [0.5, 0.6) is 0 Å². The topological polar surface area (TPSA) is 78.4 Å². The van der Waals surface area contributed by atoms with Crippen LogP contribution < -0.4 is 10.6 Å². The molecule has 1 fully saturated rings. The number of nitrogens with one attached hydrogen (secondary N) is 2. The molecule has 3 N–H and O–H groups in total. The van der Waals surface area contributed by atoms with Crippen molar-refractivity contribution in [2.24, 2.45) is 0 Å². The number of amides is 2. The molecule has 2 amide bonds. The van der Waals surface area contributed by atoms with Crippen LogP contribution in [0.1, 0.15) is 53.6 Å². The van der Waals surface area contributed by atoms with Gasteiger partial charge in [0.05, 0.1) is 0 Å². The second-order valence-corrected chi connectivity index (χ2v) is 8.28. The molecule has 32 heavy (non-hydrogen) atoms. The Kier molecular flexibility index (Phi) is 6.66. The molecule has 3 aromatic rings. The second-order valence-electron chi connectivity index (χ2n) is 8.28. The summed E-state index contributed by atoms with van der Waals surface area (Å²) in [4.78, 5) is 25.8. The number of benzene rings is 3. The third kappa shape index (κ3) is 4.73. The van der Waals surface area contributed by atoms with Gasteiger partial charge in [-0.1, -0.05) is 79.9 Å². The Morgan fingerprint density at radius 3 is 1.81 bits per heavy atom. The van der Waals surface area contributed by atoms with Gasteiger partial charge in [0.1, 0.15) is 0 Å². The first kappa shape index (κ1) is 21.8. The predicted octanol–water partition coefficient (Wildman–Crippen LogP) is 4.62. The summed E-state index contributed by atoms with van der Waals surface area (Å²) >= 11 is 0. The van der Waals surface area contributed by atoms with Gasteiger partial charge in [-0.25, -0.2) is 0 Å². The molecular formula is C27H28N2O3. The van der Waals surface area contributed by atoms with Gasteiger partial charge in [0.25, 0.3) is 11.8 Å². The molecule has 5 heteroatoms. The van der Waals surface area contributed by atoms with E-state index < -0.39 is 11.5 Å². The lowest BCUT2D eigenvalue weighted by Gasteiger charge is -2.28. The molecule has 0 aliphatic heterocycles. The Labute approximate surface area is 188 Å². The minimum Gasteiger partial charge on any atom is -0.372 e. The Morgan fingerprint density at radius 2 is 1.28 bits per heavy atom. The molecule has 0 unspecified atom stereocenters. The van der Waals surface area contributed by atoms with Gasteiger partial charge in [0, 0.05) is 17.3 Å². The zero-order valence-corrected chi connectivity index (χ0v) is 18.0. The van der Waals surface area contributed by atoms with Crippen molar-refractivity contribution in [1.29, 1.82) is 0 Å². The molecule has 0 atom stereocenters. The SMILES string of the molecule is O=C(NC1CCCCC1)c1ccc(NC(=O)C(O)(c2ccccc2)c2ccccc2)cc1. The van der Waals surface area contributed by atoms with Crippen molar-refractivity contribution in [1.82, 2.24) is 5.32 Å². The van der Waals surface area contributed by atoms with Gasteiger partial charge < -0.3 is 15.7 Å². The number of hydrogen-bond acceptors (Lipinski definition) is 3. The maximum atomic E-state index is 13.3. The lowest BCUT2D eigenvalue weighted by molar-refractivity contribution is -0.131. The number of hydrogen-bond donors (Lipinski definition) is 3. The predicted molar refractivity (Wildman–Crippen MR) is 125 cm³/mol. The lowest BCUT2D eigenvalue weighted by atomic mass is 9.85. The average molecular weight is 429 g/mol. The highest BCUT2D eigenvalue weighted by Crippen LogP contribution is 2.31. The minimum absolute atomic E-state index is 0.0974. The molecule has 1 aliphatic carbocycles. The van der Waals surface area contributed by atoms with Crippen molar-refractivity contribution >= 4 is 17.5 Å². The van der Waals surface area contributed by atoms with Gasteiger partial charge >= 0.3 is 0 Å². The molecule has 1 aliphatic rings. The normalized spacial score (nSPS) is 14.5. The van der Waals surface area contributed by atoms with Crippen LogP contribution in [0.15, 0.2) is 84.9 Å². The zero-order chi connectivity index (χ0) is 22.4. The lowest BCUT2D eigenvalue weighted by Crippen LogP contribution is -2.41. The van der Waals surface area contributed by atoms with Crippen molar-refractivity contribution in [2.45, 2.75) is 43.7 Å². The highest BCUT2D eigenvalue weighted by Gasteiger charge is 2.39. The van der Waals surface area contributed by atoms with Crippen LogP contribution in [0.4, 0.5) is 5.69 Å². The molecule has 0 radical (unpaired) electrons. The van der Waals surface area contributed by atoms with E-state index in [-0.39, 0.29) is 11.9 Å². The zero-order valence-electron chi connectivity index (χ0n) is 18.0. The highest BCUT2D eigenvalue weighted by atomic mass is 16.3. The van der Waals surface area contributed by atoms with Crippen molar-refractivity contribution in [2.75, 3.05) is 5.32 Å². The van der Waals surface area contributed by atoms with E-state index in [9.17, 15) is 14.7 Å². The van der Waals surface area contributed by atoms with Gasteiger partial charge in [-0.15, -0.1) is 0 Å². The van der Waals surface area contributed by atoms with Gasteiger partial charge in [-0.2, -0.15) is 0 Å². The first-order valence-corrected chi connectivity index (χ1v) is 11.1. The smallest absolute Gasteiger partial charge is 0.265 e. The van der Waals surface area contributed by atoms with Gasteiger partial charge in [0.15, 0.2) is 5.60 Å². The van der Waals surface area contributed by atoms with Crippen LogP contribution in [0.2, 0.25) is 0 Å². The average Bonchev–Trinajstić information content (AvgIpc) is 2.85. The molecule has 0 heterocycles. The monoisotopic (exact) mass is 428 g/mol. The van der Waals surface area contributed by atoms with E-state index in [2.05, 4.69) is 10.6 Å². The quantitative estimate of drug-likeness (QED) is 0.536. The molecule has 3 aromatic carbocycles. The fourth-order valence-corrected chi connectivity index (χ4v) is 4.23. The van der Waals surface area contributed by atoms with Gasteiger partial charge in [-0.3, -0.25) is 9.59 Å².